The van der Waals surface area contributed by atoms with Crippen LogP contribution >= 0.6 is 0 Å². The average molecular weight is 290 g/mol. The highest BCUT2D eigenvalue weighted by atomic mass is 14.0. The van der Waals surface area contributed by atoms with Gasteiger partial charge in [-0.3, -0.25) is 0 Å². The van der Waals surface area contributed by atoms with Crippen LogP contribution in [0.2, 0.25) is 0 Å². The molecule has 0 saturated heterocycles. The fourth-order valence-corrected chi connectivity index (χ4v) is 2.95. The molecule has 0 radical (unpaired) electrons. The van der Waals surface area contributed by atoms with E-state index in [0.717, 1.165) is 11.1 Å². The molecule has 0 aliphatic rings. The number of hydrogen-bond donors (Lipinski definition) is 0. The van der Waals surface area contributed by atoms with Gasteiger partial charge in [-0.15, -0.1) is 0 Å². The normalized spacial score (nSPS) is 10.4. The van der Waals surface area contributed by atoms with Gasteiger partial charge in [-0.1, -0.05) is 84.0 Å². The van der Waals surface area contributed by atoms with Gasteiger partial charge in [-0.25, -0.2) is 0 Å². The van der Waals surface area contributed by atoms with E-state index in [2.05, 4.69) is 98.5 Å². The number of hydrogen-bond acceptors (Lipinski definition) is 0. The van der Waals surface area contributed by atoms with Crippen molar-refractivity contribution in [2.24, 2.45) is 0 Å². The summed E-state index contributed by atoms with van der Waals surface area (Å²) >= 11 is 0. The summed E-state index contributed by atoms with van der Waals surface area (Å²) in [6.07, 6.45) is 0. The molecule has 0 bridgehead atoms. The van der Waals surface area contributed by atoms with Gasteiger partial charge in [-0.05, 0) is 33.7 Å². The average Bonchev–Trinajstić information content (AvgIpc) is 2.61. The van der Waals surface area contributed by atoms with Crippen molar-refractivity contribution in [2.75, 3.05) is 0 Å². The molecule has 0 saturated carbocycles. The molecular formula is C22H15B. The molecule has 0 N–H and O–H groups in total. The standard InChI is InChI=1S/C22H15B/c23-22-14-12-18-6-3-4-8-20(18)21(22)13-10-16-9-11-17-5-1-2-7-19(17)15-16/h1-9,11-12,14-15H,23H2. The summed E-state index contributed by atoms with van der Waals surface area (Å²) in [5, 5.41) is 4.94. The highest BCUT2D eigenvalue weighted by Crippen LogP contribution is 2.17. The Balaban J connectivity index is 1.84. The zero-order valence-corrected chi connectivity index (χ0v) is 13.0. The van der Waals surface area contributed by atoms with E-state index in [9.17, 15) is 0 Å². The molecule has 106 valence electrons. The lowest BCUT2D eigenvalue weighted by Gasteiger charge is -2.04. The fraction of sp³-hybridized carbons (Fsp3) is 0. The quantitative estimate of drug-likeness (QED) is 0.342. The molecule has 4 aromatic carbocycles. The van der Waals surface area contributed by atoms with Crippen LogP contribution in [0.15, 0.2) is 78.9 Å². The summed E-state index contributed by atoms with van der Waals surface area (Å²) in [6, 6.07) is 27.5. The van der Waals surface area contributed by atoms with Crippen molar-refractivity contribution in [2.45, 2.75) is 0 Å². The summed E-state index contributed by atoms with van der Waals surface area (Å²) < 4.78 is 0. The summed E-state index contributed by atoms with van der Waals surface area (Å²) in [5.41, 5.74) is 3.39. The molecule has 0 aliphatic carbocycles. The van der Waals surface area contributed by atoms with Gasteiger partial charge in [0, 0.05) is 11.1 Å². The molecule has 0 aliphatic heterocycles. The maximum absolute atomic E-state index is 3.39. The van der Waals surface area contributed by atoms with E-state index >= 15 is 0 Å². The lowest BCUT2D eigenvalue weighted by molar-refractivity contribution is 1.69. The largest absolute Gasteiger partial charge is 0.140 e. The van der Waals surface area contributed by atoms with Crippen molar-refractivity contribution < 1.29 is 0 Å². The van der Waals surface area contributed by atoms with Crippen LogP contribution in [-0.4, -0.2) is 7.85 Å². The van der Waals surface area contributed by atoms with E-state index in [4.69, 9.17) is 0 Å². The molecule has 0 amide bonds. The number of fused-ring (bicyclic) bond motifs is 2. The number of rotatable bonds is 0. The van der Waals surface area contributed by atoms with Gasteiger partial charge in [0.05, 0.1) is 0 Å². The SMILES string of the molecule is Bc1ccc2ccccc2c1C#Cc1ccc2ccccc2c1. The summed E-state index contributed by atoms with van der Waals surface area (Å²) in [6.45, 7) is 0. The van der Waals surface area contributed by atoms with E-state index in [1.54, 1.807) is 0 Å². The van der Waals surface area contributed by atoms with Gasteiger partial charge >= 0.3 is 0 Å². The van der Waals surface area contributed by atoms with Crippen molar-refractivity contribution in [1.29, 1.82) is 0 Å². The van der Waals surface area contributed by atoms with Crippen molar-refractivity contribution in [3.05, 3.63) is 90.0 Å². The molecule has 0 heterocycles. The minimum absolute atomic E-state index is 1.05. The summed E-state index contributed by atoms with van der Waals surface area (Å²) in [5.74, 6) is 6.72. The Morgan fingerprint density at radius 3 is 2.17 bits per heavy atom. The van der Waals surface area contributed by atoms with E-state index in [0.29, 0.717) is 0 Å². The first kappa shape index (κ1) is 13.7. The van der Waals surface area contributed by atoms with Crippen LogP contribution in [0.1, 0.15) is 11.1 Å². The first-order valence-electron chi connectivity index (χ1n) is 7.80. The van der Waals surface area contributed by atoms with E-state index < -0.39 is 0 Å². The monoisotopic (exact) mass is 290 g/mol. The Labute approximate surface area is 137 Å². The lowest BCUT2D eigenvalue weighted by atomic mass is 9.87. The molecule has 1 heteroatoms. The van der Waals surface area contributed by atoms with Crippen LogP contribution in [-0.2, 0) is 0 Å². The van der Waals surface area contributed by atoms with Crippen LogP contribution in [0.25, 0.3) is 21.5 Å². The molecule has 23 heavy (non-hydrogen) atoms. The molecular weight excluding hydrogens is 275 g/mol. The van der Waals surface area contributed by atoms with Gasteiger partial charge in [0.15, 0.2) is 0 Å². The first-order valence-corrected chi connectivity index (χ1v) is 7.80. The molecule has 4 rings (SSSR count). The highest BCUT2D eigenvalue weighted by molar-refractivity contribution is 6.35. The van der Waals surface area contributed by atoms with Crippen molar-refractivity contribution >= 4 is 34.9 Å². The van der Waals surface area contributed by atoms with Crippen LogP contribution in [0.4, 0.5) is 0 Å². The summed E-state index contributed by atoms with van der Waals surface area (Å²) in [7, 11) is 2.12. The van der Waals surface area contributed by atoms with Crippen LogP contribution in [0, 0.1) is 11.8 Å². The van der Waals surface area contributed by atoms with E-state index in [1.807, 2.05) is 0 Å². The van der Waals surface area contributed by atoms with Crippen molar-refractivity contribution in [3.8, 4) is 11.8 Å². The van der Waals surface area contributed by atoms with Gasteiger partial charge in [0.2, 0.25) is 0 Å². The van der Waals surface area contributed by atoms with Crippen LogP contribution in [0.5, 0.6) is 0 Å². The fourth-order valence-electron chi connectivity index (χ4n) is 2.95. The van der Waals surface area contributed by atoms with Crippen LogP contribution < -0.4 is 5.46 Å². The second kappa shape index (κ2) is 5.67. The lowest BCUT2D eigenvalue weighted by Crippen LogP contribution is -2.07. The van der Waals surface area contributed by atoms with Gasteiger partial charge in [-0.2, -0.15) is 0 Å². The minimum atomic E-state index is 1.05. The molecule has 0 aromatic heterocycles. The maximum atomic E-state index is 3.39. The van der Waals surface area contributed by atoms with Gasteiger partial charge in [0.1, 0.15) is 7.85 Å². The molecule has 0 spiro atoms. The minimum Gasteiger partial charge on any atom is -0.0730 e. The Morgan fingerprint density at radius 2 is 1.30 bits per heavy atom. The Bertz CT molecular complexity index is 1080. The van der Waals surface area contributed by atoms with Gasteiger partial charge < -0.3 is 0 Å². The topological polar surface area (TPSA) is 0 Å². The predicted molar refractivity (Wildman–Crippen MR) is 102 cm³/mol. The smallest absolute Gasteiger partial charge is 0.0730 e. The third kappa shape index (κ3) is 2.60. The third-order valence-corrected chi connectivity index (χ3v) is 4.22. The third-order valence-electron chi connectivity index (χ3n) is 4.22. The Hall–Kier alpha value is -2.98. The zero-order valence-electron chi connectivity index (χ0n) is 13.0. The first-order chi connectivity index (χ1) is 11.3. The van der Waals surface area contributed by atoms with E-state index in [-0.39, 0.29) is 0 Å². The second-order valence-electron chi connectivity index (χ2n) is 5.79. The molecule has 0 atom stereocenters. The van der Waals surface area contributed by atoms with E-state index in [1.165, 1.54) is 27.0 Å². The Kier molecular flexibility index (Phi) is 3.37. The second-order valence-corrected chi connectivity index (χ2v) is 5.79. The Morgan fingerprint density at radius 1 is 0.609 bits per heavy atom. The molecule has 0 unspecified atom stereocenters. The predicted octanol–water partition coefficient (Wildman–Crippen LogP) is 3.65. The number of benzene rings is 4. The summed E-state index contributed by atoms with van der Waals surface area (Å²) in [4.78, 5) is 0. The molecule has 0 fully saturated rings. The van der Waals surface area contributed by atoms with Gasteiger partial charge in [0.25, 0.3) is 0 Å². The van der Waals surface area contributed by atoms with Crippen molar-refractivity contribution in [3.63, 3.8) is 0 Å². The molecule has 4 aromatic rings. The maximum Gasteiger partial charge on any atom is 0.140 e. The van der Waals surface area contributed by atoms with Crippen molar-refractivity contribution in [1.82, 2.24) is 0 Å². The highest BCUT2D eigenvalue weighted by Gasteiger charge is 2.01. The molecule has 0 nitrogen and oxygen atoms in total. The zero-order chi connectivity index (χ0) is 15.6. The van der Waals surface area contributed by atoms with Crippen LogP contribution in [0.3, 0.4) is 0 Å².